The lowest BCUT2D eigenvalue weighted by Crippen LogP contribution is -2.22. The highest BCUT2D eigenvalue weighted by Crippen LogP contribution is 2.21. The van der Waals surface area contributed by atoms with E-state index in [1.165, 1.54) is 22.8 Å². The van der Waals surface area contributed by atoms with Crippen molar-refractivity contribution in [3.63, 3.8) is 0 Å². The van der Waals surface area contributed by atoms with Crippen molar-refractivity contribution >= 4 is 51.3 Å². The van der Waals surface area contributed by atoms with Crippen LogP contribution in [0.4, 0.5) is 5.69 Å². The molecule has 0 fully saturated rings. The highest BCUT2D eigenvalue weighted by molar-refractivity contribution is 14.1. The number of aromatic hydroxyl groups is 1. The first-order valence-corrected chi connectivity index (χ1v) is 9.94. The highest BCUT2D eigenvalue weighted by Gasteiger charge is 2.14. The zero-order valence-electron chi connectivity index (χ0n) is 15.4. The van der Waals surface area contributed by atoms with Gasteiger partial charge in [0.15, 0.2) is 0 Å². The van der Waals surface area contributed by atoms with Crippen LogP contribution in [0.15, 0.2) is 71.5 Å². The van der Waals surface area contributed by atoms with Gasteiger partial charge in [0.05, 0.1) is 21.5 Å². The molecule has 0 aliphatic heterocycles. The number of hydrogen-bond donors (Lipinski definition) is 1. The van der Waals surface area contributed by atoms with Gasteiger partial charge in [0.2, 0.25) is 0 Å². The van der Waals surface area contributed by atoms with Crippen LogP contribution in [0.25, 0.3) is 28.7 Å². The number of non-ortho nitro benzene ring substituents is 1. The van der Waals surface area contributed by atoms with Crippen molar-refractivity contribution in [2.24, 2.45) is 0 Å². The van der Waals surface area contributed by atoms with Crippen LogP contribution in [0, 0.1) is 13.7 Å². The summed E-state index contributed by atoms with van der Waals surface area (Å²) in [5.74, 6) is 0.487. The molecule has 8 heteroatoms. The summed E-state index contributed by atoms with van der Waals surface area (Å²) in [6.07, 6.45) is 3.43. The third-order valence-electron chi connectivity index (χ3n) is 4.47. The number of hydrogen-bond acceptors (Lipinski definition) is 5. The number of rotatable bonds is 4. The van der Waals surface area contributed by atoms with Crippen LogP contribution in [0.3, 0.4) is 0 Å². The molecule has 0 spiro atoms. The van der Waals surface area contributed by atoms with Gasteiger partial charge in [-0.15, -0.1) is 0 Å². The summed E-state index contributed by atoms with van der Waals surface area (Å²) in [6, 6.07) is 17.8. The Morgan fingerprint density at radius 1 is 1.03 bits per heavy atom. The van der Waals surface area contributed by atoms with E-state index in [4.69, 9.17) is 0 Å². The van der Waals surface area contributed by atoms with Crippen molar-refractivity contribution in [3.8, 4) is 11.4 Å². The second kappa shape index (κ2) is 8.07. The minimum atomic E-state index is -0.502. The van der Waals surface area contributed by atoms with Gasteiger partial charge in [-0.25, -0.2) is 4.98 Å². The van der Waals surface area contributed by atoms with E-state index in [1.807, 2.05) is 6.07 Å². The Morgan fingerprint density at radius 3 is 2.53 bits per heavy atom. The van der Waals surface area contributed by atoms with E-state index < -0.39 is 4.92 Å². The van der Waals surface area contributed by atoms with E-state index in [2.05, 4.69) is 27.6 Å². The van der Waals surface area contributed by atoms with Gasteiger partial charge in [-0.2, -0.15) is 0 Å². The number of nitrogens with zero attached hydrogens (tertiary/aromatic N) is 3. The number of halogens is 1. The average Bonchev–Trinajstić information content (AvgIpc) is 2.74. The van der Waals surface area contributed by atoms with Crippen LogP contribution in [-0.2, 0) is 0 Å². The van der Waals surface area contributed by atoms with Crippen molar-refractivity contribution in [1.82, 2.24) is 9.55 Å². The van der Waals surface area contributed by atoms with Gasteiger partial charge in [0.1, 0.15) is 11.6 Å². The van der Waals surface area contributed by atoms with E-state index in [0.29, 0.717) is 22.4 Å². The predicted octanol–water partition coefficient (Wildman–Crippen LogP) is 4.77. The summed E-state index contributed by atoms with van der Waals surface area (Å²) >= 11 is 2.12. The van der Waals surface area contributed by atoms with Gasteiger partial charge in [-0.1, -0.05) is 24.3 Å². The van der Waals surface area contributed by atoms with Crippen LogP contribution in [0.1, 0.15) is 11.4 Å². The third kappa shape index (κ3) is 3.94. The Balaban J connectivity index is 1.96. The summed E-state index contributed by atoms with van der Waals surface area (Å²) < 4.78 is 2.25. The maximum atomic E-state index is 13.3. The topological polar surface area (TPSA) is 98.3 Å². The lowest BCUT2D eigenvalue weighted by Gasteiger charge is -2.11. The fraction of sp³-hybridized carbons (Fsp3) is 0. The predicted molar refractivity (Wildman–Crippen MR) is 124 cm³/mol. The summed E-state index contributed by atoms with van der Waals surface area (Å²) in [6.45, 7) is 0. The van der Waals surface area contributed by atoms with Crippen molar-refractivity contribution < 1.29 is 10.0 Å². The standard InChI is InChI=1S/C22H14IN3O4/c23-15-7-10-20-19(12-15)22(28)25(16-2-1-3-17(13-16)26(29)30)21(24-20)11-6-14-4-8-18(27)9-5-14/h1-13,27H. The number of benzene rings is 3. The third-order valence-corrected chi connectivity index (χ3v) is 5.14. The molecule has 0 unspecified atom stereocenters. The van der Waals surface area contributed by atoms with Gasteiger partial charge in [0, 0.05) is 15.7 Å². The van der Waals surface area contributed by atoms with Crippen molar-refractivity contribution in [3.05, 3.63) is 102 Å². The maximum Gasteiger partial charge on any atom is 0.271 e. The van der Waals surface area contributed by atoms with Gasteiger partial charge in [-0.05, 0) is 70.6 Å². The van der Waals surface area contributed by atoms with Crippen LogP contribution >= 0.6 is 22.6 Å². The second-order valence-electron chi connectivity index (χ2n) is 6.47. The van der Waals surface area contributed by atoms with Gasteiger partial charge >= 0.3 is 0 Å². The van der Waals surface area contributed by atoms with Gasteiger partial charge in [-0.3, -0.25) is 19.5 Å². The maximum absolute atomic E-state index is 13.3. The minimum absolute atomic E-state index is 0.115. The molecular weight excluding hydrogens is 497 g/mol. The zero-order valence-corrected chi connectivity index (χ0v) is 17.6. The molecule has 4 aromatic rings. The van der Waals surface area contributed by atoms with Crippen molar-refractivity contribution in [2.75, 3.05) is 0 Å². The first-order valence-electron chi connectivity index (χ1n) is 8.86. The fourth-order valence-corrected chi connectivity index (χ4v) is 3.53. The quantitative estimate of drug-likeness (QED) is 0.242. The SMILES string of the molecule is O=c1c2cc(I)ccc2nc(C=Cc2ccc(O)cc2)n1-c1cccc([N+](=O)[O-])c1. The lowest BCUT2D eigenvalue weighted by molar-refractivity contribution is -0.384. The second-order valence-corrected chi connectivity index (χ2v) is 7.72. The molecule has 0 aliphatic rings. The Hall–Kier alpha value is -3.53. The summed E-state index contributed by atoms with van der Waals surface area (Å²) in [4.78, 5) is 28.7. The molecule has 3 aromatic carbocycles. The average molecular weight is 511 g/mol. The highest BCUT2D eigenvalue weighted by atomic mass is 127. The van der Waals surface area contributed by atoms with Gasteiger partial charge < -0.3 is 5.11 Å². The Morgan fingerprint density at radius 2 is 1.80 bits per heavy atom. The summed E-state index contributed by atoms with van der Waals surface area (Å²) in [7, 11) is 0. The minimum Gasteiger partial charge on any atom is -0.508 e. The lowest BCUT2D eigenvalue weighted by atomic mass is 10.2. The van der Waals surface area contributed by atoms with Crippen LogP contribution in [0.2, 0.25) is 0 Å². The molecule has 4 rings (SSSR count). The monoisotopic (exact) mass is 511 g/mol. The zero-order chi connectivity index (χ0) is 21.3. The molecule has 7 nitrogen and oxygen atoms in total. The molecule has 148 valence electrons. The molecule has 0 amide bonds. The molecule has 1 aromatic heterocycles. The number of nitro benzene ring substituents is 1. The van der Waals surface area contributed by atoms with E-state index in [-0.39, 0.29) is 17.0 Å². The molecule has 0 atom stereocenters. The number of phenolic OH excluding ortho intramolecular Hbond substituents is 1. The van der Waals surface area contributed by atoms with Gasteiger partial charge in [0.25, 0.3) is 11.2 Å². The number of fused-ring (bicyclic) bond motifs is 1. The molecule has 30 heavy (non-hydrogen) atoms. The van der Waals surface area contributed by atoms with Crippen LogP contribution in [0.5, 0.6) is 5.75 Å². The van der Waals surface area contributed by atoms with E-state index >= 15 is 0 Å². The molecule has 1 N–H and O–H groups in total. The van der Waals surface area contributed by atoms with E-state index in [9.17, 15) is 20.0 Å². The molecular formula is C22H14IN3O4. The molecule has 1 heterocycles. The Labute approximate surface area is 184 Å². The largest absolute Gasteiger partial charge is 0.508 e. The number of phenols is 1. The first-order chi connectivity index (χ1) is 14.4. The number of aromatic nitrogens is 2. The molecule has 0 saturated heterocycles. The van der Waals surface area contributed by atoms with E-state index in [1.54, 1.807) is 54.6 Å². The Kier molecular flexibility index (Phi) is 5.32. The molecule has 0 saturated carbocycles. The number of nitro groups is 1. The Bertz CT molecular complexity index is 1360. The summed E-state index contributed by atoms with van der Waals surface area (Å²) in [5, 5.41) is 21.1. The first kappa shape index (κ1) is 19.8. The fourth-order valence-electron chi connectivity index (χ4n) is 3.04. The smallest absolute Gasteiger partial charge is 0.271 e. The molecule has 0 bridgehead atoms. The van der Waals surface area contributed by atoms with Crippen molar-refractivity contribution in [1.29, 1.82) is 0 Å². The summed E-state index contributed by atoms with van der Waals surface area (Å²) in [5.41, 5.74) is 1.26. The van der Waals surface area contributed by atoms with Crippen LogP contribution < -0.4 is 5.56 Å². The molecule has 0 aliphatic carbocycles. The molecule has 0 radical (unpaired) electrons. The van der Waals surface area contributed by atoms with Crippen molar-refractivity contribution in [2.45, 2.75) is 0 Å². The van der Waals surface area contributed by atoms with Crippen LogP contribution in [-0.4, -0.2) is 19.6 Å². The normalized spacial score (nSPS) is 11.2. The van der Waals surface area contributed by atoms with E-state index in [0.717, 1.165) is 9.13 Å².